The molecule has 4 heteroatoms. The lowest BCUT2D eigenvalue weighted by atomic mass is 9.88. The fourth-order valence-corrected chi connectivity index (χ4v) is 1.40. The summed E-state index contributed by atoms with van der Waals surface area (Å²) in [5, 5.41) is 3.88. The minimum absolute atomic E-state index is 0.176. The average molecular weight is 256 g/mol. The van der Waals surface area contributed by atoms with Crippen LogP contribution in [0.4, 0.5) is 5.82 Å². The molecule has 0 aliphatic heterocycles. The van der Waals surface area contributed by atoms with E-state index in [0.717, 1.165) is 11.6 Å². The van der Waals surface area contributed by atoms with Crippen molar-refractivity contribution in [1.29, 1.82) is 0 Å². The first-order chi connectivity index (χ1) is 7.70. The minimum Gasteiger partial charge on any atom is -0.367 e. The summed E-state index contributed by atoms with van der Waals surface area (Å²) in [6.45, 7) is 12.8. The average Bonchev–Trinajstić information content (AvgIpc) is 2.14. The van der Waals surface area contributed by atoms with Crippen LogP contribution in [0.15, 0.2) is 6.07 Å². The molecule has 0 fully saturated rings. The highest BCUT2D eigenvalue weighted by Crippen LogP contribution is 2.23. The molecular weight excluding hydrogens is 234 g/mol. The second-order valence-electron chi connectivity index (χ2n) is 5.82. The van der Waals surface area contributed by atoms with Crippen LogP contribution in [0, 0.1) is 5.41 Å². The predicted molar refractivity (Wildman–Crippen MR) is 73.7 cm³/mol. The molecule has 0 saturated carbocycles. The second-order valence-corrected chi connectivity index (χ2v) is 6.21. The van der Waals surface area contributed by atoms with Crippen LogP contribution in [0.1, 0.15) is 53.3 Å². The minimum atomic E-state index is 0.176. The van der Waals surface area contributed by atoms with Gasteiger partial charge < -0.3 is 5.32 Å². The van der Waals surface area contributed by atoms with Crippen molar-refractivity contribution in [3.63, 3.8) is 0 Å². The van der Waals surface area contributed by atoms with E-state index < -0.39 is 0 Å². The number of anilines is 1. The smallest absolute Gasteiger partial charge is 0.135 e. The number of hydrogen-bond acceptors (Lipinski definition) is 3. The van der Waals surface area contributed by atoms with Gasteiger partial charge in [0, 0.05) is 18.0 Å². The van der Waals surface area contributed by atoms with Crippen LogP contribution in [-0.2, 0) is 0 Å². The summed E-state index contributed by atoms with van der Waals surface area (Å²) in [6, 6.07) is 2.09. The van der Waals surface area contributed by atoms with Crippen LogP contribution < -0.4 is 5.32 Å². The SMILES string of the molecule is CC(C)c1nc(Cl)cc(NC(C)C(C)(C)C)n1. The van der Waals surface area contributed by atoms with E-state index in [9.17, 15) is 0 Å². The van der Waals surface area contributed by atoms with E-state index in [2.05, 4.69) is 56.8 Å². The van der Waals surface area contributed by atoms with Gasteiger partial charge in [0.25, 0.3) is 0 Å². The van der Waals surface area contributed by atoms with Gasteiger partial charge in [-0.25, -0.2) is 9.97 Å². The summed E-state index contributed by atoms with van der Waals surface area (Å²) in [6.07, 6.45) is 0. The molecule has 0 radical (unpaired) electrons. The van der Waals surface area contributed by atoms with E-state index in [-0.39, 0.29) is 11.3 Å². The van der Waals surface area contributed by atoms with Gasteiger partial charge in [-0.15, -0.1) is 0 Å². The molecule has 0 aliphatic carbocycles. The van der Waals surface area contributed by atoms with Crippen molar-refractivity contribution in [3.05, 3.63) is 17.0 Å². The Kier molecular flexibility index (Phi) is 4.36. The van der Waals surface area contributed by atoms with Gasteiger partial charge in [-0.3, -0.25) is 0 Å². The van der Waals surface area contributed by atoms with Gasteiger partial charge >= 0.3 is 0 Å². The number of rotatable bonds is 3. The maximum Gasteiger partial charge on any atom is 0.135 e. The van der Waals surface area contributed by atoms with Gasteiger partial charge in [-0.2, -0.15) is 0 Å². The predicted octanol–water partition coefficient (Wildman–Crippen LogP) is 4.10. The first-order valence-corrected chi connectivity index (χ1v) is 6.39. The monoisotopic (exact) mass is 255 g/mol. The summed E-state index contributed by atoms with van der Waals surface area (Å²) in [4.78, 5) is 8.70. The van der Waals surface area contributed by atoms with Gasteiger partial charge in [0.05, 0.1) is 0 Å². The quantitative estimate of drug-likeness (QED) is 0.827. The molecule has 1 heterocycles. The summed E-state index contributed by atoms with van der Waals surface area (Å²) >= 11 is 6.00. The number of aromatic nitrogens is 2. The Morgan fingerprint density at radius 3 is 2.24 bits per heavy atom. The lowest BCUT2D eigenvalue weighted by Gasteiger charge is -2.28. The Morgan fingerprint density at radius 2 is 1.76 bits per heavy atom. The fraction of sp³-hybridized carbons (Fsp3) is 0.692. The van der Waals surface area contributed by atoms with Crippen molar-refractivity contribution < 1.29 is 0 Å². The second kappa shape index (κ2) is 5.21. The van der Waals surface area contributed by atoms with Crippen molar-refractivity contribution in [3.8, 4) is 0 Å². The molecule has 1 aromatic heterocycles. The molecule has 1 atom stereocenters. The van der Waals surface area contributed by atoms with Crippen LogP contribution in [0.2, 0.25) is 5.15 Å². The first-order valence-electron chi connectivity index (χ1n) is 6.01. The third-order valence-corrected chi connectivity index (χ3v) is 3.09. The Morgan fingerprint density at radius 1 is 1.18 bits per heavy atom. The zero-order valence-corrected chi connectivity index (χ0v) is 12.3. The standard InChI is InChI=1S/C13H22ClN3/c1-8(2)12-16-10(14)7-11(17-12)15-9(3)13(4,5)6/h7-9H,1-6H3,(H,15,16,17). The van der Waals surface area contributed by atoms with Gasteiger partial charge in [-0.05, 0) is 12.3 Å². The molecule has 0 amide bonds. The van der Waals surface area contributed by atoms with Crippen molar-refractivity contribution in [1.82, 2.24) is 9.97 Å². The van der Waals surface area contributed by atoms with Crippen LogP contribution in [-0.4, -0.2) is 16.0 Å². The molecule has 0 saturated heterocycles. The molecule has 0 bridgehead atoms. The molecule has 0 aliphatic rings. The Labute approximate surface area is 109 Å². The molecule has 1 aromatic rings. The maximum absolute atomic E-state index is 6.00. The van der Waals surface area contributed by atoms with E-state index in [0.29, 0.717) is 11.2 Å². The molecular formula is C13H22ClN3. The van der Waals surface area contributed by atoms with Gasteiger partial charge in [0.2, 0.25) is 0 Å². The molecule has 1 N–H and O–H groups in total. The normalized spacial score (nSPS) is 13.9. The highest BCUT2D eigenvalue weighted by Gasteiger charge is 2.20. The van der Waals surface area contributed by atoms with Crippen LogP contribution in [0.5, 0.6) is 0 Å². The molecule has 1 rings (SSSR count). The van der Waals surface area contributed by atoms with Crippen molar-refractivity contribution >= 4 is 17.4 Å². The lowest BCUT2D eigenvalue weighted by molar-refractivity contribution is 0.358. The van der Waals surface area contributed by atoms with Crippen LogP contribution in [0.3, 0.4) is 0 Å². The topological polar surface area (TPSA) is 37.8 Å². The lowest BCUT2D eigenvalue weighted by Crippen LogP contribution is -2.31. The molecule has 1 unspecified atom stereocenters. The molecule has 96 valence electrons. The zero-order valence-electron chi connectivity index (χ0n) is 11.5. The van der Waals surface area contributed by atoms with E-state index in [1.165, 1.54) is 0 Å². The fourth-order valence-electron chi connectivity index (χ4n) is 1.21. The molecule has 17 heavy (non-hydrogen) atoms. The third-order valence-electron chi connectivity index (χ3n) is 2.89. The summed E-state index contributed by atoms with van der Waals surface area (Å²) in [5.41, 5.74) is 0.176. The van der Waals surface area contributed by atoms with E-state index in [1.807, 2.05) is 0 Å². The summed E-state index contributed by atoms with van der Waals surface area (Å²) in [7, 11) is 0. The molecule has 0 aromatic carbocycles. The Bertz CT molecular complexity index is 383. The highest BCUT2D eigenvalue weighted by molar-refractivity contribution is 6.29. The first kappa shape index (κ1) is 14.2. The highest BCUT2D eigenvalue weighted by atomic mass is 35.5. The summed E-state index contributed by atoms with van der Waals surface area (Å²) < 4.78 is 0. The largest absolute Gasteiger partial charge is 0.367 e. The van der Waals surface area contributed by atoms with E-state index in [1.54, 1.807) is 6.07 Å². The summed E-state index contributed by atoms with van der Waals surface area (Å²) in [5.74, 6) is 1.86. The van der Waals surface area contributed by atoms with Crippen molar-refractivity contribution in [2.24, 2.45) is 5.41 Å². The van der Waals surface area contributed by atoms with Crippen LogP contribution in [0.25, 0.3) is 0 Å². The van der Waals surface area contributed by atoms with Crippen molar-refractivity contribution in [2.75, 3.05) is 5.32 Å². The van der Waals surface area contributed by atoms with Crippen molar-refractivity contribution in [2.45, 2.75) is 53.5 Å². The zero-order chi connectivity index (χ0) is 13.2. The maximum atomic E-state index is 6.00. The third kappa shape index (κ3) is 4.15. The van der Waals surface area contributed by atoms with Gasteiger partial charge in [0.1, 0.15) is 16.8 Å². The van der Waals surface area contributed by atoms with Gasteiger partial charge in [0.15, 0.2) is 0 Å². The van der Waals surface area contributed by atoms with E-state index in [4.69, 9.17) is 11.6 Å². The molecule has 3 nitrogen and oxygen atoms in total. The Hall–Kier alpha value is -0.830. The van der Waals surface area contributed by atoms with E-state index >= 15 is 0 Å². The molecule has 0 spiro atoms. The number of nitrogens with zero attached hydrogens (tertiary/aromatic N) is 2. The number of halogens is 1. The van der Waals surface area contributed by atoms with Crippen LogP contribution >= 0.6 is 11.6 Å². The number of nitrogens with one attached hydrogen (secondary N) is 1. The Balaban J connectivity index is 2.92. The number of hydrogen-bond donors (Lipinski definition) is 1. The van der Waals surface area contributed by atoms with Gasteiger partial charge in [-0.1, -0.05) is 46.2 Å².